The Morgan fingerprint density at radius 1 is 0.963 bits per heavy atom. The molecule has 0 fully saturated rings. The molecule has 3 aromatic rings. The third-order valence-electron chi connectivity index (χ3n) is 3.76. The molecule has 6 nitrogen and oxygen atoms in total. The summed E-state index contributed by atoms with van der Waals surface area (Å²) in [6.07, 6.45) is 3.19. The van der Waals surface area contributed by atoms with Crippen molar-refractivity contribution < 1.29 is 13.2 Å². The molecule has 1 amide bonds. The molecule has 0 aliphatic carbocycles. The summed E-state index contributed by atoms with van der Waals surface area (Å²) in [6.45, 7) is 0.163. The average molecular weight is 402 g/mol. The van der Waals surface area contributed by atoms with Gasteiger partial charge in [0.25, 0.3) is 5.91 Å². The van der Waals surface area contributed by atoms with Crippen LogP contribution in [0.4, 0.5) is 5.69 Å². The van der Waals surface area contributed by atoms with E-state index in [2.05, 4.69) is 15.0 Å². The molecule has 0 aliphatic heterocycles. The molecular weight excluding hydrogens is 386 g/mol. The van der Waals surface area contributed by atoms with Gasteiger partial charge in [0.15, 0.2) is 0 Å². The number of hydrogen-bond donors (Lipinski definition) is 2. The minimum atomic E-state index is -3.67. The molecule has 0 radical (unpaired) electrons. The van der Waals surface area contributed by atoms with E-state index < -0.39 is 10.0 Å². The first kappa shape index (κ1) is 19.0. The summed E-state index contributed by atoms with van der Waals surface area (Å²) in [5.41, 5.74) is 1.61. The van der Waals surface area contributed by atoms with Crippen molar-refractivity contribution in [3.05, 3.63) is 89.2 Å². The zero-order chi connectivity index (χ0) is 19.3. The number of benzene rings is 2. The second-order valence-electron chi connectivity index (χ2n) is 5.64. The Morgan fingerprint density at radius 3 is 2.30 bits per heavy atom. The van der Waals surface area contributed by atoms with Crippen molar-refractivity contribution in [1.82, 2.24) is 9.71 Å². The predicted molar refractivity (Wildman–Crippen MR) is 104 cm³/mol. The number of hydrogen-bond acceptors (Lipinski definition) is 4. The molecule has 0 unspecified atom stereocenters. The van der Waals surface area contributed by atoms with Crippen molar-refractivity contribution in [3.8, 4) is 0 Å². The van der Waals surface area contributed by atoms with Crippen LogP contribution in [0.5, 0.6) is 0 Å². The van der Waals surface area contributed by atoms with E-state index in [-0.39, 0.29) is 17.3 Å². The van der Waals surface area contributed by atoms with E-state index in [1.54, 1.807) is 48.8 Å². The van der Waals surface area contributed by atoms with Gasteiger partial charge in [0, 0.05) is 24.6 Å². The highest BCUT2D eigenvalue weighted by Gasteiger charge is 2.14. The minimum Gasteiger partial charge on any atom is -0.322 e. The van der Waals surface area contributed by atoms with Crippen molar-refractivity contribution in [2.24, 2.45) is 0 Å². The van der Waals surface area contributed by atoms with Gasteiger partial charge in [-0.05, 0) is 54.1 Å². The standard InChI is InChI=1S/C19H16ClN3O3S/c20-18-4-2-1-3-17(18)19(24)23-15-5-7-16(8-6-15)27(25,26)22-13-14-9-11-21-12-10-14/h1-12,22H,13H2,(H,23,24). The smallest absolute Gasteiger partial charge is 0.257 e. The zero-order valence-corrected chi connectivity index (χ0v) is 15.7. The van der Waals surface area contributed by atoms with Gasteiger partial charge in [-0.3, -0.25) is 9.78 Å². The lowest BCUT2D eigenvalue weighted by molar-refractivity contribution is 0.102. The number of aromatic nitrogens is 1. The van der Waals surface area contributed by atoms with Gasteiger partial charge in [-0.15, -0.1) is 0 Å². The third-order valence-corrected chi connectivity index (χ3v) is 5.50. The van der Waals surface area contributed by atoms with E-state index >= 15 is 0 Å². The molecule has 0 atom stereocenters. The largest absolute Gasteiger partial charge is 0.322 e. The minimum absolute atomic E-state index is 0.104. The van der Waals surface area contributed by atoms with Gasteiger partial charge in [-0.1, -0.05) is 23.7 Å². The molecule has 138 valence electrons. The van der Waals surface area contributed by atoms with Gasteiger partial charge < -0.3 is 5.32 Å². The van der Waals surface area contributed by atoms with Gasteiger partial charge in [0.2, 0.25) is 10.0 Å². The maximum Gasteiger partial charge on any atom is 0.257 e. The van der Waals surface area contributed by atoms with Crippen LogP contribution in [0.25, 0.3) is 0 Å². The van der Waals surface area contributed by atoms with Crippen LogP contribution in [-0.2, 0) is 16.6 Å². The van der Waals surface area contributed by atoms with Crippen LogP contribution in [0.2, 0.25) is 5.02 Å². The first-order chi connectivity index (χ1) is 13.0. The summed E-state index contributed by atoms with van der Waals surface area (Å²) in [5.74, 6) is -0.369. The number of amides is 1. The molecule has 1 heterocycles. The van der Waals surface area contributed by atoms with Crippen molar-refractivity contribution in [2.45, 2.75) is 11.4 Å². The van der Waals surface area contributed by atoms with E-state index in [1.165, 1.54) is 24.3 Å². The maximum atomic E-state index is 12.4. The van der Waals surface area contributed by atoms with Gasteiger partial charge in [-0.25, -0.2) is 13.1 Å². The van der Waals surface area contributed by atoms with E-state index in [0.29, 0.717) is 16.3 Å². The summed E-state index contributed by atoms with van der Waals surface area (Å²) < 4.78 is 27.3. The molecule has 0 saturated carbocycles. The average Bonchev–Trinajstić information content (AvgIpc) is 2.68. The topological polar surface area (TPSA) is 88.2 Å². The number of carbonyl (C=O) groups is 1. The highest BCUT2D eigenvalue weighted by atomic mass is 35.5. The van der Waals surface area contributed by atoms with Crippen LogP contribution in [0.3, 0.4) is 0 Å². The number of pyridine rings is 1. The molecular formula is C19H16ClN3O3S. The summed E-state index contributed by atoms with van der Waals surface area (Å²) in [4.78, 5) is 16.2. The molecule has 27 heavy (non-hydrogen) atoms. The second kappa shape index (κ2) is 8.30. The second-order valence-corrected chi connectivity index (χ2v) is 7.81. The fraction of sp³-hybridized carbons (Fsp3) is 0.0526. The Morgan fingerprint density at radius 2 is 1.63 bits per heavy atom. The summed E-state index contributed by atoms with van der Waals surface area (Å²) in [5, 5.41) is 3.03. The third kappa shape index (κ3) is 4.91. The molecule has 0 aliphatic rings. The Labute approximate surface area is 162 Å². The Bertz CT molecular complexity index is 1040. The molecule has 8 heteroatoms. The number of anilines is 1. The quantitative estimate of drug-likeness (QED) is 0.662. The monoisotopic (exact) mass is 401 g/mol. The number of sulfonamides is 1. The van der Waals surface area contributed by atoms with Crippen LogP contribution >= 0.6 is 11.6 Å². The Hall–Kier alpha value is -2.74. The highest BCUT2D eigenvalue weighted by molar-refractivity contribution is 7.89. The van der Waals surface area contributed by atoms with Crippen LogP contribution in [-0.4, -0.2) is 19.3 Å². The lowest BCUT2D eigenvalue weighted by Crippen LogP contribution is -2.23. The van der Waals surface area contributed by atoms with Crippen LogP contribution < -0.4 is 10.0 Å². The molecule has 1 aromatic heterocycles. The highest BCUT2D eigenvalue weighted by Crippen LogP contribution is 2.19. The van der Waals surface area contributed by atoms with E-state index in [4.69, 9.17) is 11.6 Å². The summed E-state index contributed by atoms with van der Waals surface area (Å²) in [6, 6.07) is 16.0. The molecule has 0 spiro atoms. The lowest BCUT2D eigenvalue weighted by Gasteiger charge is -2.09. The van der Waals surface area contributed by atoms with Crippen molar-refractivity contribution >= 4 is 33.2 Å². The van der Waals surface area contributed by atoms with Gasteiger partial charge >= 0.3 is 0 Å². The SMILES string of the molecule is O=C(Nc1ccc(S(=O)(=O)NCc2ccncc2)cc1)c1ccccc1Cl. The maximum absolute atomic E-state index is 12.4. The number of rotatable bonds is 6. The molecule has 3 rings (SSSR count). The Balaban J connectivity index is 1.67. The van der Waals surface area contributed by atoms with E-state index in [9.17, 15) is 13.2 Å². The van der Waals surface area contributed by atoms with Crippen LogP contribution in [0, 0.1) is 0 Å². The number of nitrogens with one attached hydrogen (secondary N) is 2. The van der Waals surface area contributed by atoms with Crippen molar-refractivity contribution in [3.63, 3.8) is 0 Å². The molecule has 2 aromatic carbocycles. The van der Waals surface area contributed by atoms with Crippen molar-refractivity contribution in [2.75, 3.05) is 5.32 Å². The normalized spacial score (nSPS) is 11.1. The Kier molecular flexibility index (Phi) is 5.85. The summed E-state index contributed by atoms with van der Waals surface area (Å²) >= 11 is 6.00. The fourth-order valence-electron chi connectivity index (χ4n) is 2.32. The van der Waals surface area contributed by atoms with E-state index in [1.807, 2.05) is 0 Å². The predicted octanol–water partition coefficient (Wildman–Crippen LogP) is 3.47. The van der Waals surface area contributed by atoms with Crippen LogP contribution in [0.1, 0.15) is 15.9 Å². The van der Waals surface area contributed by atoms with Crippen molar-refractivity contribution in [1.29, 1.82) is 0 Å². The van der Waals surface area contributed by atoms with Gasteiger partial charge in [-0.2, -0.15) is 0 Å². The summed E-state index contributed by atoms with van der Waals surface area (Å²) in [7, 11) is -3.67. The molecule has 0 bridgehead atoms. The first-order valence-corrected chi connectivity index (χ1v) is 9.86. The number of halogens is 1. The zero-order valence-electron chi connectivity index (χ0n) is 14.1. The number of carbonyl (C=O) groups excluding carboxylic acids is 1. The molecule has 0 saturated heterocycles. The van der Waals surface area contributed by atoms with E-state index in [0.717, 1.165) is 5.56 Å². The first-order valence-electron chi connectivity index (χ1n) is 8.00. The molecule has 2 N–H and O–H groups in total. The van der Waals surface area contributed by atoms with Gasteiger partial charge in [0.05, 0.1) is 15.5 Å². The number of nitrogens with zero attached hydrogens (tertiary/aromatic N) is 1. The van der Waals surface area contributed by atoms with Crippen LogP contribution in [0.15, 0.2) is 78.0 Å². The fourth-order valence-corrected chi connectivity index (χ4v) is 3.56. The lowest BCUT2D eigenvalue weighted by atomic mass is 10.2. The van der Waals surface area contributed by atoms with Gasteiger partial charge in [0.1, 0.15) is 0 Å².